The van der Waals surface area contributed by atoms with E-state index in [-0.39, 0.29) is 11.8 Å². The number of benzene rings is 2. The predicted molar refractivity (Wildman–Crippen MR) is 119 cm³/mol. The maximum atomic E-state index is 13.1. The summed E-state index contributed by atoms with van der Waals surface area (Å²) in [5, 5.41) is 2.86. The minimum atomic E-state index is -0.468. The van der Waals surface area contributed by atoms with Gasteiger partial charge in [0.15, 0.2) is 0 Å². The number of carbonyl (C=O) groups excluding carboxylic acids is 2. The van der Waals surface area contributed by atoms with Crippen molar-refractivity contribution in [2.75, 3.05) is 19.4 Å². The Bertz CT molecular complexity index is 765. The molecule has 1 atom stereocenters. The largest absolute Gasteiger partial charge is 0.497 e. The topological polar surface area (TPSA) is 58.6 Å². The molecule has 2 rings (SSSR count). The van der Waals surface area contributed by atoms with Gasteiger partial charge in [0, 0.05) is 18.8 Å². The first-order valence-corrected chi connectivity index (χ1v) is 11.1. The number of nitrogens with zero attached hydrogens (tertiary/aromatic N) is 1. The van der Waals surface area contributed by atoms with Crippen molar-refractivity contribution >= 4 is 23.6 Å². The van der Waals surface area contributed by atoms with E-state index in [1.807, 2.05) is 68.4 Å². The fraction of sp³-hybridized carbons (Fsp3) is 0.391. The van der Waals surface area contributed by atoms with Gasteiger partial charge in [-0.3, -0.25) is 9.59 Å². The van der Waals surface area contributed by atoms with Crippen molar-refractivity contribution in [3.8, 4) is 5.75 Å². The molecule has 1 N–H and O–H groups in total. The Balaban J connectivity index is 2.04. The lowest BCUT2D eigenvalue weighted by molar-refractivity contribution is -0.139. The summed E-state index contributed by atoms with van der Waals surface area (Å²) in [6.07, 6.45) is 0.577. The van der Waals surface area contributed by atoms with Crippen LogP contribution in [0.25, 0.3) is 0 Å². The second-order valence-corrected chi connectivity index (χ2v) is 7.65. The van der Waals surface area contributed by atoms with Crippen LogP contribution >= 0.6 is 11.8 Å². The molecule has 0 radical (unpaired) electrons. The van der Waals surface area contributed by atoms with Crippen molar-refractivity contribution in [3.63, 3.8) is 0 Å². The number of amides is 2. The maximum Gasteiger partial charge on any atom is 0.242 e. The van der Waals surface area contributed by atoms with Crippen LogP contribution in [-0.4, -0.2) is 42.2 Å². The van der Waals surface area contributed by atoms with E-state index in [9.17, 15) is 9.59 Å². The van der Waals surface area contributed by atoms with Crippen LogP contribution in [-0.2, 0) is 21.9 Å². The molecule has 0 saturated heterocycles. The average molecular weight is 415 g/mol. The van der Waals surface area contributed by atoms with Gasteiger partial charge >= 0.3 is 0 Å². The third kappa shape index (κ3) is 7.13. The molecule has 2 aromatic carbocycles. The van der Waals surface area contributed by atoms with Crippen LogP contribution in [0.4, 0.5) is 0 Å². The van der Waals surface area contributed by atoms with Gasteiger partial charge in [-0.15, -0.1) is 11.8 Å². The number of rotatable bonds is 11. The summed E-state index contributed by atoms with van der Waals surface area (Å²) in [7, 11) is 1.64. The highest BCUT2D eigenvalue weighted by atomic mass is 32.2. The molecule has 0 heterocycles. The van der Waals surface area contributed by atoms with Crippen LogP contribution in [0.15, 0.2) is 54.6 Å². The third-order valence-electron chi connectivity index (χ3n) is 4.59. The number of likely N-dealkylation sites (N-methyl/N-ethyl adjacent to an activating group) is 1. The Hall–Kier alpha value is -2.47. The zero-order valence-corrected chi connectivity index (χ0v) is 18.2. The summed E-state index contributed by atoms with van der Waals surface area (Å²) in [5.74, 6) is 1.75. The molecule has 0 aliphatic carbocycles. The van der Waals surface area contributed by atoms with Crippen LogP contribution in [0.5, 0.6) is 5.75 Å². The fourth-order valence-corrected chi connectivity index (χ4v) is 3.92. The van der Waals surface area contributed by atoms with Crippen LogP contribution in [0.3, 0.4) is 0 Å². The highest BCUT2D eigenvalue weighted by Gasteiger charge is 2.28. The Morgan fingerprint density at radius 2 is 1.72 bits per heavy atom. The molecule has 0 aromatic heterocycles. The van der Waals surface area contributed by atoms with Gasteiger partial charge in [0.2, 0.25) is 11.8 Å². The van der Waals surface area contributed by atoms with E-state index in [4.69, 9.17) is 4.74 Å². The monoisotopic (exact) mass is 414 g/mol. The fourth-order valence-electron chi connectivity index (χ4n) is 3.05. The number of thioether (sulfide) groups is 1. The second kappa shape index (κ2) is 12.2. The summed E-state index contributed by atoms with van der Waals surface area (Å²) in [4.78, 5) is 27.3. The average Bonchev–Trinajstić information content (AvgIpc) is 2.75. The Labute approximate surface area is 177 Å². The van der Waals surface area contributed by atoms with Crippen molar-refractivity contribution in [2.24, 2.45) is 0 Å². The van der Waals surface area contributed by atoms with Crippen molar-refractivity contribution in [1.82, 2.24) is 10.2 Å². The van der Waals surface area contributed by atoms with E-state index in [0.29, 0.717) is 25.3 Å². The second-order valence-electron chi connectivity index (χ2n) is 6.67. The molecular formula is C23H30N2O3S. The lowest BCUT2D eigenvalue weighted by atomic mass is 10.1. The molecule has 0 unspecified atom stereocenters. The minimum absolute atomic E-state index is 0.0227. The zero-order chi connectivity index (χ0) is 21.1. The number of nitrogens with one attached hydrogen (secondary N) is 1. The smallest absolute Gasteiger partial charge is 0.242 e. The van der Waals surface area contributed by atoms with Crippen LogP contribution < -0.4 is 10.1 Å². The summed E-state index contributed by atoms with van der Waals surface area (Å²) in [6.45, 7) is 4.81. The van der Waals surface area contributed by atoms with E-state index < -0.39 is 6.04 Å². The van der Waals surface area contributed by atoms with Gasteiger partial charge in [0.05, 0.1) is 12.9 Å². The number of ether oxygens (including phenoxy) is 1. The molecule has 0 saturated carbocycles. The summed E-state index contributed by atoms with van der Waals surface area (Å²) in [6, 6.07) is 17.2. The highest BCUT2D eigenvalue weighted by molar-refractivity contribution is 7.99. The van der Waals surface area contributed by atoms with Gasteiger partial charge < -0.3 is 15.0 Å². The zero-order valence-electron chi connectivity index (χ0n) is 17.4. The molecule has 0 fully saturated rings. The van der Waals surface area contributed by atoms with E-state index in [1.165, 1.54) is 0 Å². The van der Waals surface area contributed by atoms with Gasteiger partial charge in [-0.05, 0) is 36.6 Å². The SMILES string of the molecule is CCNC(=O)[C@H](CC)N(Cc1ccccc1)C(=O)CSCc1ccc(OC)cc1. The van der Waals surface area contributed by atoms with E-state index in [0.717, 1.165) is 22.6 Å². The van der Waals surface area contributed by atoms with Gasteiger partial charge in [-0.1, -0.05) is 49.4 Å². The first-order chi connectivity index (χ1) is 14.1. The Kier molecular flexibility index (Phi) is 9.57. The van der Waals surface area contributed by atoms with Gasteiger partial charge in [0.1, 0.15) is 11.8 Å². The van der Waals surface area contributed by atoms with Gasteiger partial charge in [-0.2, -0.15) is 0 Å². The minimum Gasteiger partial charge on any atom is -0.497 e. The first kappa shape index (κ1) is 22.8. The molecule has 156 valence electrons. The molecule has 0 aliphatic rings. The molecule has 0 spiro atoms. The number of methoxy groups -OCH3 is 1. The normalized spacial score (nSPS) is 11.6. The summed E-state index contributed by atoms with van der Waals surface area (Å²) >= 11 is 1.56. The van der Waals surface area contributed by atoms with E-state index in [1.54, 1.807) is 23.8 Å². The van der Waals surface area contributed by atoms with Crippen LogP contribution in [0, 0.1) is 0 Å². The maximum absolute atomic E-state index is 13.1. The molecule has 0 aliphatic heterocycles. The van der Waals surface area contributed by atoms with Crippen molar-refractivity contribution in [2.45, 2.75) is 38.6 Å². The van der Waals surface area contributed by atoms with Gasteiger partial charge in [-0.25, -0.2) is 0 Å². The molecule has 2 amide bonds. The molecule has 5 nitrogen and oxygen atoms in total. The summed E-state index contributed by atoms with van der Waals surface area (Å²) in [5.41, 5.74) is 2.15. The quantitative estimate of drug-likeness (QED) is 0.606. The third-order valence-corrected chi connectivity index (χ3v) is 5.57. The molecule has 29 heavy (non-hydrogen) atoms. The molecule has 6 heteroatoms. The van der Waals surface area contributed by atoms with Crippen molar-refractivity contribution in [1.29, 1.82) is 0 Å². The van der Waals surface area contributed by atoms with E-state index in [2.05, 4.69) is 5.32 Å². The van der Waals surface area contributed by atoms with Crippen LogP contribution in [0.1, 0.15) is 31.4 Å². The standard InChI is InChI=1S/C23H30N2O3S/c1-4-21(23(27)24-5-2)25(15-18-9-7-6-8-10-18)22(26)17-29-16-19-11-13-20(28-3)14-12-19/h6-14,21H,4-5,15-17H2,1-3H3,(H,24,27)/t21-/m0/s1. The molecular weight excluding hydrogens is 384 g/mol. The summed E-state index contributed by atoms with van der Waals surface area (Å²) < 4.78 is 5.18. The predicted octanol–water partition coefficient (Wildman–Crippen LogP) is 3.87. The molecule has 0 bridgehead atoms. The number of carbonyl (C=O) groups is 2. The lowest BCUT2D eigenvalue weighted by Crippen LogP contribution is -2.49. The number of hydrogen-bond donors (Lipinski definition) is 1. The Morgan fingerprint density at radius 1 is 1.03 bits per heavy atom. The highest BCUT2D eigenvalue weighted by Crippen LogP contribution is 2.19. The Morgan fingerprint density at radius 3 is 2.31 bits per heavy atom. The van der Waals surface area contributed by atoms with Crippen molar-refractivity contribution in [3.05, 3.63) is 65.7 Å². The van der Waals surface area contributed by atoms with E-state index >= 15 is 0 Å². The van der Waals surface area contributed by atoms with Gasteiger partial charge in [0.25, 0.3) is 0 Å². The van der Waals surface area contributed by atoms with Crippen molar-refractivity contribution < 1.29 is 14.3 Å². The lowest BCUT2D eigenvalue weighted by Gasteiger charge is -2.30. The van der Waals surface area contributed by atoms with Crippen LogP contribution in [0.2, 0.25) is 0 Å². The molecule has 2 aromatic rings. The first-order valence-electron chi connectivity index (χ1n) is 9.90. The number of hydrogen-bond acceptors (Lipinski definition) is 4.